The molecule has 0 bridgehead atoms. The lowest BCUT2D eigenvalue weighted by atomic mass is 10.0. The van der Waals surface area contributed by atoms with Crippen molar-refractivity contribution in [1.82, 2.24) is 5.32 Å². The third-order valence-corrected chi connectivity index (χ3v) is 4.09. The zero-order chi connectivity index (χ0) is 21.4. The Labute approximate surface area is 166 Å². The van der Waals surface area contributed by atoms with Crippen LogP contribution in [0, 0.1) is 5.82 Å². The van der Waals surface area contributed by atoms with Crippen LogP contribution >= 0.6 is 0 Å². The van der Waals surface area contributed by atoms with Gasteiger partial charge in [0.05, 0.1) is 12.2 Å². The van der Waals surface area contributed by atoms with Crippen molar-refractivity contribution in [2.24, 2.45) is 0 Å². The largest absolute Gasteiger partial charge is 0.429 e. The van der Waals surface area contributed by atoms with Crippen LogP contribution in [-0.4, -0.2) is 31.4 Å². The molecule has 5 nitrogen and oxygen atoms in total. The number of nitrogens with one attached hydrogen (secondary N) is 1. The van der Waals surface area contributed by atoms with E-state index in [-0.39, 0.29) is 30.5 Å². The summed E-state index contributed by atoms with van der Waals surface area (Å²) in [5.74, 6) is -1.40. The van der Waals surface area contributed by atoms with Gasteiger partial charge in [0.2, 0.25) is 5.91 Å². The average molecular weight is 409 g/mol. The summed E-state index contributed by atoms with van der Waals surface area (Å²) in [4.78, 5) is 23.4. The summed E-state index contributed by atoms with van der Waals surface area (Å²) in [6.07, 6.45) is -3.18. The molecular weight excluding hydrogens is 387 g/mol. The van der Waals surface area contributed by atoms with Gasteiger partial charge in [-0.25, -0.2) is 4.39 Å². The summed E-state index contributed by atoms with van der Waals surface area (Å²) in [5.41, 5.74) is 0.146. The van der Waals surface area contributed by atoms with Gasteiger partial charge in [0.1, 0.15) is 17.6 Å². The van der Waals surface area contributed by atoms with Crippen LogP contribution < -0.4 is 10.1 Å². The van der Waals surface area contributed by atoms with Crippen molar-refractivity contribution in [2.45, 2.75) is 31.9 Å². The van der Waals surface area contributed by atoms with E-state index in [0.717, 1.165) is 17.7 Å². The molecule has 0 aliphatic heterocycles. The van der Waals surface area contributed by atoms with Gasteiger partial charge in [-0.3, -0.25) is 9.59 Å². The number of hydrogen-bond acceptors (Lipinski definition) is 4. The van der Waals surface area contributed by atoms with Crippen molar-refractivity contribution in [3.8, 4) is 5.75 Å². The minimum Gasteiger partial charge on any atom is -0.429 e. The lowest BCUT2D eigenvalue weighted by molar-refractivity contribution is -0.185. The van der Waals surface area contributed by atoms with Crippen LogP contribution in [0.2, 0.25) is 0 Å². The van der Waals surface area contributed by atoms with Gasteiger partial charge in [0, 0.05) is 20.5 Å². The van der Waals surface area contributed by atoms with E-state index < -0.39 is 23.5 Å². The monoisotopic (exact) mass is 409 g/mol. The first-order valence-corrected chi connectivity index (χ1v) is 8.92. The first-order chi connectivity index (χ1) is 13.7. The molecule has 29 heavy (non-hydrogen) atoms. The van der Waals surface area contributed by atoms with Crippen molar-refractivity contribution in [3.05, 3.63) is 65.5 Å². The molecule has 2 aromatic carbocycles. The summed E-state index contributed by atoms with van der Waals surface area (Å²) < 4.78 is 51.1. The Morgan fingerprint density at radius 3 is 2.41 bits per heavy atom. The van der Waals surface area contributed by atoms with Crippen LogP contribution in [0.5, 0.6) is 5.75 Å². The first kappa shape index (κ1) is 22.4. The van der Waals surface area contributed by atoms with E-state index in [1.807, 2.05) is 0 Å². The quantitative estimate of drug-likeness (QED) is 0.651. The van der Waals surface area contributed by atoms with E-state index in [1.54, 1.807) is 12.1 Å². The molecule has 0 saturated heterocycles. The number of carbonyl (C=O) groups excluding carboxylic acids is 2. The fourth-order valence-electron chi connectivity index (χ4n) is 2.67. The van der Waals surface area contributed by atoms with E-state index in [4.69, 9.17) is 9.47 Å². The number of halogens is 3. The molecule has 0 fully saturated rings. The molecule has 2 rings (SSSR count). The molecule has 1 amide bonds. The molecule has 0 saturated carbocycles. The zero-order valence-corrected chi connectivity index (χ0v) is 16.1. The van der Waals surface area contributed by atoms with Gasteiger partial charge in [0.15, 0.2) is 5.78 Å². The van der Waals surface area contributed by atoms with E-state index in [9.17, 15) is 22.8 Å². The Bertz CT molecular complexity index is 840. The summed E-state index contributed by atoms with van der Waals surface area (Å²) in [7, 11) is 1.43. The maximum absolute atomic E-state index is 14.2. The van der Waals surface area contributed by atoms with Crippen LogP contribution in [-0.2, 0) is 26.9 Å². The number of hydrogen-bond donors (Lipinski definition) is 1. The van der Waals surface area contributed by atoms with Crippen molar-refractivity contribution < 1.29 is 32.2 Å². The van der Waals surface area contributed by atoms with Gasteiger partial charge in [-0.2, -0.15) is 8.78 Å². The van der Waals surface area contributed by atoms with Gasteiger partial charge in [0.25, 0.3) is 0 Å². The fraction of sp³-hybridized carbons (Fsp3) is 0.333. The highest BCUT2D eigenvalue weighted by Gasteiger charge is 2.34. The smallest absolute Gasteiger partial charge is 0.426 e. The SMILES string of the molecule is COC[C@@H](NC(C)=O)C(=O)CCc1ccc(OC(F)(F)c2cccc(F)c2)cc1. The van der Waals surface area contributed by atoms with Crippen LogP contribution in [0.1, 0.15) is 24.5 Å². The molecule has 2 aromatic rings. The number of ketones is 1. The van der Waals surface area contributed by atoms with Gasteiger partial charge < -0.3 is 14.8 Å². The second-order valence-corrected chi connectivity index (χ2v) is 6.45. The lowest BCUT2D eigenvalue weighted by Crippen LogP contribution is -2.43. The maximum atomic E-state index is 14.2. The second kappa shape index (κ2) is 10.1. The number of rotatable bonds is 10. The lowest BCUT2D eigenvalue weighted by Gasteiger charge is -2.18. The Morgan fingerprint density at radius 2 is 1.83 bits per heavy atom. The molecule has 0 unspecified atom stereocenters. The predicted octanol–water partition coefficient (Wildman–Crippen LogP) is 3.61. The molecule has 0 aliphatic rings. The van der Waals surface area contributed by atoms with Gasteiger partial charge >= 0.3 is 6.11 Å². The average Bonchev–Trinajstić information content (AvgIpc) is 2.66. The molecular formula is C21H22F3NO4. The third kappa shape index (κ3) is 6.90. The van der Waals surface area contributed by atoms with E-state index in [2.05, 4.69) is 5.32 Å². The Morgan fingerprint density at radius 1 is 1.14 bits per heavy atom. The van der Waals surface area contributed by atoms with Crippen molar-refractivity contribution in [3.63, 3.8) is 0 Å². The Hall–Kier alpha value is -2.87. The Balaban J connectivity index is 1.96. The highest BCUT2D eigenvalue weighted by molar-refractivity contribution is 5.88. The fourth-order valence-corrected chi connectivity index (χ4v) is 2.67. The van der Waals surface area contributed by atoms with Crippen LogP contribution in [0.3, 0.4) is 0 Å². The molecule has 1 N–H and O–H groups in total. The van der Waals surface area contributed by atoms with Crippen molar-refractivity contribution >= 4 is 11.7 Å². The number of Topliss-reactive ketones (excluding diaryl/α,β-unsaturated/α-hetero) is 1. The number of aryl methyl sites for hydroxylation is 1. The van der Waals surface area contributed by atoms with E-state index >= 15 is 0 Å². The van der Waals surface area contributed by atoms with Crippen LogP contribution in [0.4, 0.5) is 13.2 Å². The van der Waals surface area contributed by atoms with E-state index in [0.29, 0.717) is 12.5 Å². The normalized spacial score (nSPS) is 12.3. The molecule has 0 heterocycles. The number of alkyl halides is 2. The summed E-state index contributed by atoms with van der Waals surface area (Å²) >= 11 is 0. The van der Waals surface area contributed by atoms with Gasteiger partial charge in [-0.05, 0) is 42.3 Å². The summed E-state index contributed by atoms with van der Waals surface area (Å²) in [6.45, 7) is 1.38. The Kier molecular flexibility index (Phi) is 7.78. The van der Waals surface area contributed by atoms with Crippen LogP contribution in [0.15, 0.2) is 48.5 Å². The number of methoxy groups -OCH3 is 1. The zero-order valence-electron chi connectivity index (χ0n) is 16.1. The molecule has 0 aliphatic carbocycles. The van der Waals surface area contributed by atoms with Crippen LogP contribution in [0.25, 0.3) is 0 Å². The van der Waals surface area contributed by atoms with Gasteiger partial charge in [-0.15, -0.1) is 0 Å². The van der Waals surface area contributed by atoms with E-state index in [1.165, 1.54) is 32.2 Å². The first-order valence-electron chi connectivity index (χ1n) is 8.92. The minimum atomic E-state index is -3.69. The highest BCUT2D eigenvalue weighted by Crippen LogP contribution is 2.31. The topological polar surface area (TPSA) is 64.6 Å². The standard InChI is InChI=1S/C21H22F3NO4/c1-14(26)25-19(13-28-2)20(27)11-8-15-6-9-18(10-7-15)29-21(23,24)16-4-3-5-17(22)12-16/h3-7,9-10,12,19H,8,11,13H2,1-2H3,(H,25,26)/t19-/m1/s1. The second-order valence-electron chi connectivity index (χ2n) is 6.45. The molecule has 1 atom stereocenters. The molecule has 156 valence electrons. The summed E-state index contributed by atoms with van der Waals surface area (Å²) in [5, 5.41) is 2.53. The number of amides is 1. The minimum absolute atomic E-state index is 0.0698. The highest BCUT2D eigenvalue weighted by atomic mass is 19.3. The molecule has 8 heteroatoms. The van der Waals surface area contributed by atoms with Crippen molar-refractivity contribution in [2.75, 3.05) is 13.7 Å². The number of carbonyl (C=O) groups is 2. The third-order valence-electron chi connectivity index (χ3n) is 4.09. The molecule has 0 radical (unpaired) electrons. The number of benzene rings is 2. The van der Waals surface area contributed by atoms with Crippen molar-refractivity contribution in [1.29, 1.82) is 0 Å². The summed E-state index contributed by atoms with van der Waals surface area (Å²) in [6, 6.07) is 9.15. The molecule has 0 aromatic heterocycles. The maximum Gasteiger partial charge on any atom is 0.426 e. The molecule has 0 spiro atoms. The number of ether oxygens (including phenoxy) is 2. The van der Waals surface area contributed by atoms with Gasteiger partial charge in [-0.1, -0.05) is 18.2 Å². The predicted molar refractivity (Wildman–Crippen MR) is 100 cm³/mol.